The van der Waals surface area contributed by atoms with Gasteiger partial charge in [-0.3, -0.25) is 10.1 Å². The Morgan fingerprint density at radius 3 is 2.85 bits per heavy atom. The molecule has 20 heavy (non-hydrogen) atoms. The van der Waals surface area contributed by atoms with E-state index in [4.69, 9.17) is 16.1 Å². The predicted octanol–water partition coefficient (Wildman–Crippen LogP) is 3.44. The molecule has 3 rings (SSSR count). The van der Waals surface area contributed by atoms with E-state index in [-0.39, 0.29) is 11.6 Å². The van der Waals surface area contributed by atoms with Gasteiger partial charge in [-0.25, -0.2) is 4.98 Å². The van der Waals surface area contributed by atoms with Gasteiger partial charge in [-0.15, -0.1) is 0 Å². The summed E-state index contributed by atoms with van der Waals surface area (Å²) in [6.45, 7) is 1.77. The van der Waals surface area contributed by atoms with Crippen molar-refractivity contribution in [2.75, 3.05) is 5.32 Å². The molecule has 100 valence electrons. The number of benzene rings is 1. The third kappa shape index (κ3) is 2.35. The van der Waals surface area contributed by atoms with Crippen LogP contribution in [0.3, 0.4) is 0 Å². The van der Waals surface area contributed by atoms with Crippen molar-refractivity contribution < 1.29 is 9.32 Å². The van der Waals surface area contributed by atoms with Crippen molar-refractivity contribution in [2.24, 2.45) is 0 Å². The molecule has 0 unspecified atom stereocenters. The number of carbonyl (C=O) groups is 1. The van der Waals surface area contributed by atoms with E-state index in [0.29, 0.717) is 10.8 Å². The van der Waals surface area contributed by atoms with Crippen LogP contribution in [0, 0.1) is 6.92 Å². The smallest absolute Gasteiger partial charge is 0.276 e. The summed E-state index contributed by atoms with van der Waals surface area (Å²) in [4.78, 5) is 16.2. The van der Waals surface area contributed by atoms with Crippen LogP contribution in [0.25, 0.3) is 10.8 Å². The Bertz CT molecular complexity index is 798. The molecule has 1 N–H and O–H groups in total. The normalized spacial score (nSPS) is 10.7. The van der Waals surface area contributed by atoms with Crippen LogP contribution in [0.1, 0.15) is 16.2 Å². The van der Waals surface area contributed by atoms with E-state index in [1.807, 2.05) is 24.3 Å². The maximum Gasteiger partial charge on any atom is 0.276 e. The number of aryl methyl sites for hydroxylation is 1. The van der Waals surface area contributed by atoms with Crippen LogP contribution in [0.5, 0.6) is 0 Å². The van der Waals surface area contributed by atoms with Crippen LogP contribution in [0.4, 0.5) is 5.88 Å². The van der Waals surface area contributed by atoms with Crippen LogP contribution in [0.2, 0.25) is 5.15 Å². The second-order valence-corrected chi connectivity index (χ2v) is 4.66. The number of hydrogen-bond donors (Lipinski definition) is 1. The fraction of sp³-hybridized carbons (Fsp3) is 0.0714. The molecule has 0 radical (unpaired) electrons. The number of halogens is 1. The molecule has 0 spiro atoms. The Hall–Kier alpha value is -2.40. The molecule has 0 bridgehead atoms. The Morgan fingerprint density at radius 2 is 2.10 bits per heavy atom. The molecular formula is C14H10ClN3O2. The van der Waals surface area contributed by atoms with Gasteiger partial charge in [0.1, 0.15) is 10.8 Å². The summed E-state index contributed by atoms with van der Waals surface area (Å²) in [5.74, 6) is -0.118. The van der Waals surface area contributed by atoms with Gasteiger partial charge in [0.25, 0.3) is 5.91 Å². The standard InChI is InChI=1S/C14H10ClN3O2/c1-8-6-12(20-18-8)17-14(19)11-7-9-4-2-3-5-10(9)13(15)16-11/h2-7H,1H3,(H,17,19). The molecule has 2 aromatic heterocycles. The summed E-state index contributed by atoms with van der Waals surface area (Å²) in [6, 6.07) is 10.8. The Kier molecular flexibility index (Phi) is 3.12. The van der Waals surface area contributed by atoms with E-state index in [2.05, 4.69) is 15.5 Å². The number of fused-ring (bicyclic) bond motifs is 1. The fourth-order valence-corrected chi connectivity index (χ4v) is 2.13. The molecule has 0 aliphatic heterocycles. The van der Waals surface area contributed by atoms with Gasteiger partial charge in [-0.2, -0.15) is 0 Å². The maximum atomic E-state index is 12.1. The Balaban J connectivity index is 1.95. The van der Waals surface area contributed by atoms with Gasteiger partial charge in [-0.1, -0.05) is 41.0 Å². The molecule has 5 nitrogen and oxygen atoms in total. The lowest BCUT2D eigenvalue weighted by Crippen LogP contribution is -2.13. The largest absolute Gasteiger partial charge is 0.338 e. The summed E-state index contributed by atoms with van der Waals surface area (Å²) >= 11 is 6.09. The number of carbonyl (C=O) groups excluding carboxylic acids is 1. The number of pyridine rings is 1. The van der Waals surface area contributed by atoms with Crippen LogP contribution >= 0.6 is 11.6 Å². The van der Waals surface area contributed by atoms with E-state index >= 15 is 0 Å². The minimum Gasteiger partial charge on any atom is -0.338 e. The SMILES string of the molecule is Cc1cc(NC(=O)c2cc3ccccc3c(Cl)n2)on1. The van der Waals surface area contributed by atoms with Crippen molar-refractivity contribution in [3.63, 3.8) is 0 Å². The summed E-state index contributed by atoms with van der Waals surface area (Å²) in [6.07, 6.45) is 0. The monoisotopic (exact) mass is 287 g/mol. The third-order valence-corrected chi connectivity index (χ3v) is 3.08. The van der Waals surface area contributed by atoms with Gasteiger partial charge in [-0.05, 0) is 18.4 Å². The van der Waals surface area contributed by atoms with Gasteiger partial charge in [0, 0.05) is 11.5 Å². The van der Waals surface area contributed by atoms with Crippen LogP contribution < -0.4 is 5.32 Å². The molecule has 3 aromatic rings. The summed E-state index contributed by atoms with van der Waals surface area (Å²) in [5.41, 5.74) is 0.910. The fourth-order valence-electron chi connectivity index (χ4n) is 1.87. The average Bonchev–Trinajstić information content (AvgIpc) is 2.84. The number of anilines is 1. The van der Waals surface area contributed by atoms with E-state index in [1.54, 1.807) is 19.1 Å². The number of amides is 1. The molecule has 0 saturated carbocycles. The van der Waals surface area contributed by atoms with Gasteiger partial charge >= 0.3 is 0 Å². The van der Waals surface area contributed by atoms with Crippen molar-refractivity contribution >= 4 is 34.2 Å². The summed E-state index contributed by atoms with van der Waals surface area (Å²) in [7, 11) is 0. The maximum absolute atomic E-state index is 12.1. The van der Waals surface area contributed by atoms with Crippen molar-refractivity contribution in [3.8, 4) is 0 Å². The third-order valence-electron chi connectivity index (χ3n) is 2.79. The van der Waals surface area contributed by atoms with E-state index < -0.39 is 5.91 Å². The highest BCUT2D eigenvalue weighted by Gasteiger charge is 2.13. The first kappa shape index (κ1) is 12.6. The van der Waals surface area contributed by atoms with Crippen LogP contribution in [-0.4, -0.2) is 16.0 Å². The zero-order valence-electron chi connectivity index (χ0n) is 10.6. The van der Waals surface area contributed by atoms with Crippen molar-refractivity contribution in [2.45, 2.75) is 6.92 Å². The van der Waals surface area contributed by atoms with Crippen molar-refractivity contribution in [1.29, 1.82) is 0 Å². The molecule has 6 heteroatoms. The summed E-state index contributed by atoms with van der Waals surface area (Å²) in [5, 5.41) is 8.23. The lowest BCUT2D eigenvalue weighted by atomic mass is 10.1. The predicted molar refractivity (Wildman–Crippen MR) is 75.9 cm³/mol. The number of nitrogens with zero attached hydrogens (tertiary/aromatic N) is 2. The number of hydrogen-bond acceptors (Lipinski definition) is 4. The molecular weight excluding hydrogens is 278 g/mol. The average molecular weight is 288 g/mol. The Labute approximate surface area is 119 Å². The van der Waals surface area contributed by atoms with E-state index in [9.17, 15) is 4.79 Å². The second kappa shape index (κ2) is 4.94. The lowest BCUT2D eigenvalue weighted by molar-refractivity contribution is 0.101. The van der Waals surface area contributed by atoms with Gasteiger partial charge in [0.2, 0.25) is 5.88 Å². The van der Waals surface area contributed by atoms with E-state index in [1.165, 1.54) is 0 Å². The Morgan fingerprint density at radius 1 is 1.30 bits per heavy atom. The van der Waals surface area contributed by atoms with Gasteiger partial charge < -0.3 is 4.52 Å². The molecule has 0 saturated heterocycles. The molecule has 0 atom stereocenters. The molecule has 0 fully saturated rings. The lowest BCUT2D eigenvalue weighted by Gasteiger charge is -2.04. The molecule has 0 aliphatic carbocycles. The first-order valence-electron chi connectivity index (χ1n) is 5.93. The number of rotatable bonds is 2. The van der Waals surface area contributed by atoms with Gasteiger partial charge in [0.05, 0.1) is 5.69 Å². The zero-order chi connectivity index (χ0) is 14.1. The minimum absolute atomic E-state index is 0.225. The first-order valence-corrected chi connectivity index (χ1v) is 6.31. The molecule has 1 amide bonds. The van der Waals surface area contributed by atoms with Crippen molar-refractivity contribution in [1.82, 2.24) is 10.1 Å². The second-order valence-electron chi connectivity index (χ2n) is 4.31. The quantitative estimate of drug-likeness (QED) is 0.733. The van der Waals surface area contributed by atoms with E-state index in [0.717, 1.165) is 10.8 Å². The van der Waals surface area contributed by atoms with Crippen LogP contribution in [-0.2, 0) is 0 Å². The van der Waals surface area contributed by atoms with Crippen molar-refractivity contribution in [3.05, 3.63) is 52.9 Å². The topological polar surface area (TPSA) is 68.0 Å². The number of nitrogens with one attached hydrogen (secondary N) is 1. The molecule has 1 aromatic carbocycles. The highest BCUT2D eigenvalue weighted by atomic mass is 35.5. The van der Waals surface area contributed by atoms with Gasteiger partial charge in [0.15, 0.2) is 0 Å². The zero-order valence-corrected chi connectivity index (χ0v) is 11.3. The highest BCUT2D eigenvalue weighted by molar-refractivity contribution is 6.34. The molecule has 0 aliphatic rings. The first-order chi connectivity index (χ1) is 9.63. The number of aromatic nitrogens is 2. The highest BCUT2D eigenvalue weighted by Crippen LogP contribution is 2.22. The minimum atomic E-state index is -0.395. The van der Waals surface area contributed by atoms with Crippen LogP contribution in [0.15, 0.2) is 40.9 Å². The summed E-state index contributed by atoms with van der Waals surface area (Å²) < 4.78 is 4.93. The molecule has 2 heterocycles.